The van der Waals surface area contributed by atoms with E-state index in [1.807, 2.05) is 47.0 Å². The average Bonchev–Trinajstić information content (AvgIpc) is 3.19. The number of nitrogens with zero attached hydrogens (tertiary/aromatic N) is 4. The summed E-state index contributed by atoms with van der Waals surface area (Å²) in [4.78, 5) is 13.3. The van der Waals surface area contributed by atoms with Crippen LogP contribution >= 0.6 is 0 Å². The Hall–Kier alpha value is -3.76. The number of hydrogen-bond acceptors (Lipinski definition) is 5. The summed E-state index contributed by atoms with van der Waals surface area (Å²) in [5.74, 6) is 1.75. The van der Waals surface area contributed by atoms with Crippen molar-refractivity contribution in [1.82, 2.24) is 19.5 Å². The summed E-state index contributed by atoms with van der Waals surface area (Å²) in [6.07, 6.45) is 5.91. The fourth-order valence-electron chi connectivity index (χ4n) is 4.30. The Labute approximate surface area is 210 Å². The molecule has 0 atom stereocenters. The Morgan fingerprint density at radius 1 is 0.941 bits per heavy atom. The molecule has 170 valence electrons. The second kappa shape index (κ2) is 8.88. The number of pyridine rings is 1. The SMILES string of the molecule is CCc1ccc(O)c2nc(Oc3[c-]c4c(cc3)c3ccccc3n4-c3cnccn3)ccc12.[Pt]. The minimum Gasteiger partial charge on any atom is -0.506 e. The van der Waals surface area contributed by atoms with Crippen LogP contribution in [0.4, 0.5) is 0 Å². The van der Waals surface area contributed by atoms with Gasteiger partial charge in [0.05, 0.1) is 6.20 Å². The molecule has 0 aliphatic carbocycles. The van der Waals surface area contributed by atoms with Crippen LogP contribution in [0.2, 0.25) is 0 Å². The van der Waals surface area contributed by atoms with Gasteiger partial charge in [-0.2, -0.15) is 6.07 Å². The molecule has 6 rings (SSSR count). The molecular formula is C27H19N4O2Pt-. The molecular weight excluding hydrogens is 607 g/mol. The van der Waals surface area contributed by atoms with Crippen molar-refractivity contribution in [2.24, 2.45) is 0 Å². The number of phenolic OH excluding ortho intramolecular Hbond substituents is 1. The van der Waals surface area contributed by atoms with E-state index in [2.05, 4.69) is 40.1 Å². The maximum atomic E-state index is 10.3. The zero-order valence-electron chi connectivity index (χ0n) is 18.2. The van der Waals surface area contributed by atoms with Crippen LogP contribution in [0.3, 0.4) is 0 Å². The van der Waals surface area contributed by atoms with Gasteiger partial charge >= 0.3 is 0 Å². The first-order valence-electron chi connectivity index (χ1n) is 10.7. The smallest absolute Gasteiger partial charge is 0.217 e. The van der Waals surface area contributed by atoms with E-state index in [0.29, 0.717) is 23.0 Å². The Morgan fingerprint density at radius 3 is 2.62 bits per heavy atom. The van der Waals surface area contributed by atoms with Gasteiger partial charge in [-0.25, -0.2) is 9.97 Å². The quantitative estimate of drug-likeness (QED) is 0.244. The van der Waals surface area contributed by atoms with Gasteiger partial charge in [0.25, 0.3) is 0 Å². The Bertz CT molecular complexity index is 1650. The second-order valence-electron chi connectivity index (χ2n) is 7.75. The molecule has 0 amide bonds. The molecule has 6 aromatic rings. The fraction of sp³-hybridized carbons (Fsp3) is 0.0741. The topological polar surface area (TPSA) is 73.1 Å². The van der Waals surface area contributed by atoms with Gasteiger partial charge in [-0.05, 0) is 35.6 Å². The number of aryl methyl sites for hydroxylation is 1. The minimum atomic E-state index is 0. The minimum absolute atomic E-state index is 0. The molecule has 3 aromatic carbocycles. The molecule has 0 fully saturated rings. The van der Waals surface area contributed by atoms with Crippen LogP contribution in [-0.4, -0.2) is 24.6 Å². The number of rotatable bonds is 4. The third-order valence-electron chi connectivity index (χ3n) is 5.83. The van der Waals surface area contributed by atoms with E-state index in [0.717, 1.165) is 39.2 Å². The first kappa shape index (κ1) is 22.1. The van der Waals surface area contributed by atoms with Crippen molar-refractivity contribution >= 4 is 32.7 Å². The summed E-state index contributed by atoms with van der Waals surface area (Å²) >= 11 is 0. The van der Waals surface area contributed by atoms with Crippen molar-refractivity contribution in [2.75, 3.05) is 0 Å². The Balaban J connectivity index is 0.00000241. The van der Waals surface area contributed by atoms with Crippen molar-refractivity contribution in [3.63, 3.8) is 0 Å². The molecule has 6 nitrogen and oxygen atoms in total. The van der Waals surface area contributed by atoms with E-state index >= 15 is 0 Å². The van der Waals surface area contributed by atoms with Crippen molar-refractivity contribution in [1.29, 1.82) is 0 Å². The van der Waals surface area contributed by atoms with Gasteiger partial charge in [0.2, 0.25) is 5.88 Å². The summed E-state index contributed by atoms with van der Waals surface area (Å²) in [6, 6.07) is 22.8. The van der Waals surface area contributed by atoms with Crippen LogP contribution in [0, 0.1) is 6.07 Å². The molecule has 0 spiro atoms. The summed E-state index contributed by atoms with van der Waals surface area (Å²) in [6.45, 7) is 2.08. The van der Waals surface area contributed by atoms with Gasteiger partial charge in [0.15, 0.2) is 5.82 Å². The average molecular weight is 627 g/mol. The molecule has 0 saturated carbocycles. The van der Waals surface area contributed by atoms with E-state index in [4.69, 9.17) is 4.74 Å². The van der Waals surface area contributed by atoms with Crippen molar-refractivity contribution in [2.45, 2.75) is 13.3 Å². The number of aromatic nitrogens is 4. The van der Waals surface area contributed by atoms with Crippen molar-refractivity contribution in [3.8, 4) is 23.2 Å². The summed E-state index contributed by atoms with van der Waals surface area (Å²) in [5.41, 5.74) is 3.51. The van der Waals surface area contributed by atoms with Gasteiger partial charge < -0.3 is 14.4 Å². The number of fused-ring (bicyclic) bond motifs is 4. The number of ether oxygens (including phenoxy) is 1. The maximum absolute atomic E-state index is 10.3. The monoisotopic (exact) mass is 626 g/mol. The molecule has 7 heteroatoms. The third kappa shape index (κ3) is 3.60. The van der Waals surface area contributed by atoms with Crippen LogP contribution in [0.25, 0.3) is 38.5 Å². The third-order valence-corrected chi connectivity index (χ3v) is 5.83. The van der Waals surface area contributed by atoms with Crippen molar-refractivity contribution in [3.05, 3.63) is 90.9 Å². The van der Waals surface area contributed by atoms with Crippen LogP contribution in [0.5, 0.6) is 17.4 Å². The van der Waals surface area contributed by atoms with Gasteiger partial charge in [-0.1, -0.05) is 36.7 Å². The van der Waals surface area contributed by atoms with E-state index < -0.39 is 0 Å². The molecule has 0 bridgehead atoms. The summed E-state index contributed by atoms with van der Waals surface area (Å²) in [5, 5.41) is 13.4. The number of benzene rings is 3. The van der Waals surface area contributed by atoms with E-state index in [9.17, 15) is 5.11 Å². The Morgan fingerprint density at radius 2 is 1.79 bits per heavy atom. The summed E-state index contributed by atoms with van der Waals surface area (Å²) in [7, 11) is 0. The number of hydrogen-bond donors (Lipinski definition) is 1. The molecule has 34 heavy (non-hydrogen) atoms. The number of aromatic hydroxyl groups is 1. The first-order valence-corrected chi connectivity index (χ1v) is 10.7. The molecule has 0 unspecified atom stereocenters. The number of phenols is 1. The van der Waals surface area contributed by atoms with Crippen LogP contribution < -0.4 is 4.74 Å². The van der Waals surface area contributed by atoms with Gasteiger partial charge in [-0.15, -0.1) is 17.5 Å². The molecule has 1 N–H and O–H groups in total. The molecule has 3 heterocycles. The van der Waals surface area contributed by atoms with Gasteiger partial charge in [-0.3, -0.25) is 4.98 Å². The largest absolute Gasteiger partial charge is 0.506 e. The zero-order valence-corrected chi connectivity index (χ0v) is 20.4. The van der Waals surface area contributed by atoms with Crippen LogP contribution in [0.1, 0.15) is 12.5 Å². The number of para-hydroxylation sites is 1. The predicted molar refractivity (Wildman–Crippen MR) is 128 cm³/mol. The molecule has 0 saturated heterocycles. The standard InChI is InChI=1S/C27H19N4O2.Pt/c1-2-17-7-11-24(32)27-19(17)10-12-26(30-27)33-18-8-9-21-20-5-3-4-6-22(20)31(23(21)15-18)25-16-28-13-14-29-25;/h3-14,16,32H,2H2,1H3;/q-1;. The van der Waals surface area contributed by atoms with E-state index in [1.165, 1.54) is 0 Å². The summed E-state index contributed by atoms with van der Waals surface area (Å²) < 4.78 is 8.11. The van der Waals surface area contributed by atoms with Gasteiger partial charge in [0.1, 0.15) is 11.3 Å². The zero-order chi connectivity index (χ0) is 22.4. The van der Waals surface area contributed by atoms with Crippen LogP contribution in [0.15, 0.2) is 79.3 Å². The fourth-order valence-corrected chi connectivity index (χ4v) is 4.30. The molecule has 0 aliphatic heterocycles. The maximum Gasteiger partial charge on any atom is 0.217 e. The van der Waals surface area contributed by atoms with E-state index in [-0.39, 0.29) is 26.8 Å². The van der Waals surface area contributed by atoms with Gasteiger partial charge in [0, 0.05) is 56.2 Å². The molecule has 0 radical (unpaired) electrons. The first-order chi connectivity index (χ1) is 16.2. The molecule has 3 aromatic heterocycles. The Kier molecular flexibility index (Phi) is 5.76. The van der Waals surface area contributed by atoms with E-state index in [1.54, 1.807) is 24.7 Å². The molecule has 0 aliphatic rings. The normalized spacial score (nSPS) is 11.1. The van der Waals surface area contributed by atoms with Crippen molar-refractivity contribution < 1.29 is 30.9 Å². The predicted octanol–water partition coefficient (Wildman–Crippen LogP) is 5.98. The van der Waals surface area contributed by atoms with Crippen LogP contribution in [-0.2, 0) is 27.5 Å². The second-order valence-corrected chi connectivity index (χ2v) is 7.75.